The predicted octanol–water partition coefficient (Wildman–Crippen LogP) is 1.82. The monoisotopic (exact) mass is 483 g/mol. The zero-order chi connectivity index (χ0) is 24.2. The van der Waals surface area contributed by atoms with Crippen LogP contribution in [0.15, 0.2) is 30.6 Å². The van der Waals surface area contributed by atoms with Gasteiger partial charge in [0.25, 0.3) is 0 Å². The normalized spacial score (nSPS) is 19.9. The summed E-state index contributed by atoms with van der Waals surface area (Å²) >= 11 is 0. The first-order valence-corrected chi connectivity index (χ1v) is 11.9. The van der Waals surface area contributed by atoms with Gasteiger partial charge in [-0.3, -0.25) is 9.97 Å². The quantitative estimate of drug-likeness (QED) is 0.472. The fourth-order valence-electron chi connectivity index (χ4n) is 4.83. The molecular formula is C25H30FN5O4. The largest absolute Gasteiger partial charge is 0.486 e. The van der Waals surface area contributed by atoms with Crippen molar-refractivity contribution < 1.29 is 23.7 Å². The molecule has 0 bridgehead atoms. The number of methoxy groups -OCH3 is 1. The van der Waals surface area contributed by atoms with Gasteiger partial charge in [-0.05, 0) is 30.9 Å². The predicted molar refractivity (Wildman–Crippen MR) is 127 cm³/mol. The molecule has 3 aromatic rings. The molecule has 2 aliphatic heterocycles. The molecule has 1 saturated heterocycles. The maximum absolute atomic E-state index is 14.6. The zero-order valence-corrected chi connectivity index (χ0v) is 19.7. The van der Waals surface area contributed by atoms with Crippen molar-refractivity contribution in [2.45, 2.75) is 13.0 Å². The number of halogens is 1. The van der Waals surface area contributed by atoms with Crippen molar-refractivity contribution in [3.63, 3.8) is 0 Å². The van der Waals surface area contributed by atoms with Crippen LogP contribution in [0.1, 0.15) is 11.3 Å². The Morgan fingerprint density at radius 1 is 1.14 bits per heavy atom. The fourth-order valence-corrected chi connectivity index (χ4v) is 4.83. The van der Waals surface area contributed by atoms with Crippen LogP contribution < -0.4 is 19.5 Å². The molecule has 1 fully saturated rings. The molecule has 3 aromatic heterocycles. The van der Waals surface area contributed by atoms with Gasteiger partial charge in [-0.1, -0.05) is 0 Å². The molecule has 0 saturated carbocycles. The molecule has 0 aliphatic carbocycles. The summed E-state index contributed by atoms with van der Waals surface area (Å²) in [4.78, 5) is 15.3. The lowest BCUT2D eigenvalue weighted by atomic mass is 9.97. The highest BCUT2D eigenvalue weighted by molar-refractivity contribution is 5.78. The molecule has 0 aromatic carbocycles. The van der Waals surface area contributed by atoms with Crippen molar-refractivity contribution in [2.75, 3.05) is 53.1 Å². The number of nitrogens with one attached hydrogen (secondary N) is 1. The fraction of sp³-hybridized carbons (Fsp3) is 0.480. The van der Waals surface area contributed by atoms with E-state index in [9.17, 15) is 9.50 Å². The second-order valence-corrected chi connectivity index (χ2v) is 8.97. The van der Waals surface area contributed by atoms with Crippen LogP contribution in [0.25, 0.3) is 11.0 Å². The third-order valence-corrected chi connectivity index (χ3v) is 6.71. The van der Waals surface area contributed by atoms with Crippen LogP contribution in [0, 0.1) is 17.7 Å². The number of ether oxygens (including phenoxy) is 3. The number of aromatic nitrogens is 3. The molecule has 2 N–H and O–H groups in total. The lowest BCUT2D eigenvalue weighted by Crippen LogP contribution is -2.29. The summed E-state index contributed by atoms with van der Waals surface area (Å²) in [6.07, 6.45) is 3.46. The molecule has 0 unspecified atom stereocenters. The van der Waals surface area contributed by atoms with E-state index in [2.05, 4.69) is 25.2 Å². The van der Waals surface area contributed by atoms with Crippen molar-refractivity contribution in [2.24, 2.45) is 11.8 Å². The number of hydrogen-bond acceptors (Lipinski definition) is 9. The highest BCUT2D eigenvalue weighted by atomic mass is 19.1. The Hall–Kier alpha value is -3.08. The summed E-state index contributed by atoms with van der Waals surface area (Å²) in [5.74, 6) is 1.93. The summed E-state index contributed by atoms with van der Waals surface area (Å²) in [5.41, 5.74) is 2.60. The molecule has 5 heterocycles. The van der Waals surface area contributed by atoms with E-state index in [-0.39, 0.29) is 24.3 Å². The Morgan fingerprint density at radius 2 is 1.97 bits per heavy atom. The molecule has 9 nitrogen and oxygen atoms in total. The van der Waals surface area contributed by atoms with E-state index < -0.39 is 0 Å². The Kier molecular flexibility index (Phi) is 7.21. The average molecular weight is 484 g/mol. The lowest BCUT2D eigenvalue weighted by molar-refractivity contribution is 0.170. The van der Waals surface area contributed by atoms with Crippen molar-refractivity contribution in [3.8, 4) is 17.4 Å². The number of hydrogen-bond donors (Lipinski definition) is 2. The minimum absolute atomic E-state index is 0.121. The summed E-state index contributed by atoms with van der Waals surface area (Å²) < 4.78 is 31.0. The first-order valence-electron chi connectivity index (χ1n) is 11.9. The van der Waals surface area contributed by atoms with Gasteiger partial charge >= 0.3 is 0 Å². The van der Waals surface area contributed by atoms with Crippen LogP contribution in [0.3, 0.4) is 0 Å². The average Bonchev–Trinajstić information content (AvgIpc) is 3.29. The van der Waals surface area contributed by atoms with Crippen LogP contribution in [0.4, 0.5) is 4.39 Å². The summed E-state index contributed by atoms with van der Waals surface area (Å²) in [5, 5.41) is 13.4. The van der Waals surface area contributed by atoms with E-state index in [4.69, 9.17) is 14.2 Å². The SMILES string of the molecule is COc1ccc2ncc(F)c(CCN3C[C@@H](CO)[C@H](CNCc4cc5c(cn4)OCCO5)C3)c2n1. The molecule has 0 spiro atoms. The van der Waals surface area contributed by atoms with Crippen molar-refractivity contribution in [3.05, 3.63) is 47.7 Å². The third-order valence-electron chi connectivity index (χ3n) is 6.71. The standard InChI is InChI=1S/C25H30FN5O4/c1-33-24-3-2-21-25(30-24)19(20(26)11-29-21)4-5-31-13-16(17(14-31)15-32)9-27-10-18-8-22-23(12-28-18)35-7-6-34-22/h2-3,8,11-12,16-17,27,32H,4-7,9-10,13-15H2,1H3/t16-,17+/m1/s1. The number of pyridine rings is 3. The molecular weight excluding hydrogens is 453 g/mol. The Labute approximate surface area is 203 Å². The van der Waals surface area contributed by atoms with Gasteiger partial charge in [0, 0.05) is 50.5 Å². The zero-order valence-electron chi connectivity index (χ0n) is 19.7. The van der Waals surface area contributed by atoms with E-state index in [1.807, 2.05) is 6.07 Å². The number of fused-ring (bicyclic) bond motifs is 2. The van der Waals surface area contributed by atoms with Gasteiger partial charge in [-0.15, -0.1) is 0 Å². The molecule has 186 valence electrons. The minimum Gasteiger partial charge on any atom is -0.486 e. The van der Waals surface area contributed by atoms with Crippen LogP contribution in [-0.4, -0.2) is 78.1 Å². The van der Waals surface area contributed by atoms with Gasteiger partial charge < -0.3 is 29.5 Å². The molecule has 2 atom stereocenters. The summed E-state index contributed by atoms with van der Waals surface area (Å²) in [6, 6.07) is 5.42. The number of rotatable bonds is 9. The molecule has 0 amide bonds. The summed E-state index contributed by atoms with van der Waals surface area (Å²) in [6.45, 7) is 4.84. The van der Waals surface area contributed by atoms with E-state index in [0.717, 1.165) is 31.1 Å². The number of aliphatic hydroxyl groups is 1. The van der Waals surface area contributed by atoms with Crippen LogP contribution in [0.2, 0.25) is 0 Å². The topological polar surface area (TPSA) is 102 Å². The second-order valence-electron chi connectivity index (χ2n) is 8.97. The highest BCUT2D eigenvalue weighted by Gasteiger charge is 2.32. The maximum Gasteiger partial charge on any atom is 0.213 e. The van der Waals surface area contributed by atoms with Crippen LogP contribution in [-0.2, 0) is 13.0 Å². The first-order chi connectivity index (χ1) is 17.1. The summed E-state index contributed by atoms with van der Waals surface area (Å²) in [7, 11) is 1.54. The highest BCUT2D eigenvalue weighted by Crippen LogP contribution is 2.29. The van der Waals surface area contributed by atoms with Crippen molar-refractivity contribution in [1.82, 2.24) is 25.2 Å². The number of nitrogens with zero attached hydrogens (tertiary/aromatic N) is 4. The lowest BCUT2D eigenvalue weighted by Gasteiger charge is -2.19. The van der Waals surface area contributed by atoms with Gasteiger partial charge in [0.2, 0.25) is 5.88 Å². The van der Waals surface area contributed by atoms with Crippen LogP contribution >= 0.6 is 0 Å². The number of likely N-dealkylation sites (tertiary alicyclic amines) is 1. The van der Waals surface area contributed by atoms with E-state index in [0.29, 0.717) is 61.0 Å². The van der Waals surface area contributed by atoms with Crippen LogP contribution in [0.5, 0.6) is 17.4 Å². The van der Waals surface area contributed by atoms with Gasteiger partial charge in [0.05, 0.1) is 36.2 Å². The van der Waals surface area contributed by atoms with E-state index >= 15 is 0 Å². The van der Waals surface area contributed by atoms with Crippen molar-refractivity contribution in [1.29, 1.82) is 0 Å². The second kappa shape index (κ2) is 10.7. The molecule has 0 radical (unpaired) electrons. The van der Waals surface area contributed by atoms with Gasteiger partial charge in [0.1, 0.15) is 19.0 Å². The molecule has 2 aliphatic rings. The molecule has 10 heteroatoms. The maximum atomic E-state index is 14.6. The van der Waals surface area contributed by atoms with E-state index in [1.165, 1.54) is 13.3 Å². The van der Waals surface area contributed by atoms with Gasteiger partial charge in [0.15, 0.2) is 11.5 Å². The first kappa shape index (κ1) is 23.7. The Bertz CT molecular complexity index is 1180. The number of aliphatic hydroxyl groups excluding tert-OH is 1. The van der Waals surface area contributed by atoms with Gasteiger partial charge in [-0.2, -0.15) is 0 Å². The minimum atomic E-state index is -0.360. The van der Waals surface area contributed by atoms with Crippen molar-refractivity contribution >= 4 is 11.0 Å². The Morgan fingerprint density at radius 3 is 2.80 bits per heavy atom. The third kappa shape index (κ3) is 5.29. The Balaban J connectivity index is 1.18. The van der Waals surface area contributed by atoms with Gasteiger partial charge in [-0.25, -0.2) is 9.37 Å². The van der Waals surface area contributed by atoms with E-state index in [1.54, 1.807) is 18.3 Å². The molecule has 35 heavy (non-hydrogen) atoms. The molecule has 5 rings (SSSR count). The smallest absolute Gasteiger partial charge is 0.213 e.